The van der Waals surface area contributed by atoms with Crippen LogP contribution in [-0.2, 0) is 6.42 Å². The largest absolute Gasteiger partial charge is 0.506 e. The minimum Gasteiger partial charge on any atom is -0.506 e. The summed E-state index contributed by atoms with van der Waals surface area (Å²) in [7, 11) is 0. The average Bonchev–Trinajstić information content (AvgIpc) is 2.20. The number of halogens is 1. The topological polar surface area (TPSA) is 46.2 Å². The summed E-state index contributed by atoms with van der Waals surface area (Å²) in [5, 5.41) is 9.98. The van der Waals surface area contributed by atoms with Crippen molar-refractivity contribution in [3.05, 3.63) is 27.2 Å². The van der Waals surface area contributed by atoms with Gasteiger partial charge < -0.3 is 10.8 Å². The van der Waals surface area contributed by atoms with Crippen LogP contribution in [0.15, 0.2) is 10.5 Å². The molecule has 0 fully saturated rings. The molecular formula is C12H18BrNO. The van der Waals surface area contributed by atoms with Crippen molar-refractivity contribution in [3.63, 3.8) is 0 Å². The number of benzene rings is 1. The van der Waals surface area contributed by atoms with E-state index in [1.54, 1.807) is 0 Å². The lowest BCUT2D eigenvalue weighted by molar-refractivity contribution is 0.462. The summed E-state index contributed by atoms with van der Waals surface area (Å²) in [5.74, 6) is 0.393. The average molecular weight is 272 g/mol. The van der Waals surface area contributed by atoms with Crippen LogP contribution in [0.2, 0.25) is 0 Å². The zero-order valence-electron chi connectivity index (χ0n) is 9.31. The van der Waals surface area contributed by atoms with Gasteiger partial charge in [-0.1, -0.05) is 6.07 Å². The van der Waals surface area contributed by atoms with Gasteiger partial charge in [0.15, 0.2) is 0 Å². The van der Waals surface area contributed by atoms with Crippen molar-refractivity contribution in [2.75, 3.05) is 6.54 Å². The van der Waals surface area contributed by atoms with E-state index >= 15 is 0 Å². The van der Waals surface area contributed by atoms with Crippen LogP contribution in [0.25, 0.3) is 0 Å². The van der Waals surface area contributed by atoms with E-state index in [-0.39, 0.29) is 0 Å². The minimum atomic E-state index is 0.393. The number of phenolic OH excluding ortho intramolecular Hbond substituents is 1. The third-order valence-electron chi connectivity index (χ3n) is 2.63. The molecule has 1 aromatic rings. The van der Waals surface area contributed by atoms with Crippen LogP contribution in [0.4, 0.5) is 0 Å². The second kappa shape index (κ2) is 5.52. The number of phenols is 1. The van der Waals surface area contributed by atoms with Crippen LogP contribution in [0, 0.1) is 13.8 Å². The van der Waals surface area contributed by atoms with Gasteiger partial charge in [0.1, 0.15) is 5.75 Å². The SMILES string of the molecule is Cc1cc(C)c(CCCCN)c(O)c1Br. The van der Waals surface area contributed by atoms with E-state index in [4.69, 9.17) is 5.73 Å². The highest BCUT2D eigenvalue weighted by Gasteiger charge is 2.10. The fourth-order valence-electron chi connectivity index (χ4n) is 1.74. The van der Waals surface area contributed by atoms with E-state index < -0.39 is 0 Å². The molecule has 0 aliphatic heterocycles. The molecule has 15 heavy (non-hydrogen) atoms. The van der Waals surface area contributed by atoms with E-state index in [1.165, 1.54) is 0 Å². The number of hydrogen-bond donors (Lipinski definition) is 2. The van der Waals surface area contributed by atoms with Crippen LogP contribution < -0.4 is 5.73 Å². The van der Waals surface area contributed by atoms with Crippen molar-refractivity contribution in [3.8, 4) is 5.75 Å². The van der Waals surface area contributed by atoms with Crippen LogP contribution in [-0.4, -0.2) is 11.7 Å². The maximum absolute atomic E-state index is 9.98. The summed E-state index contributed by atoms with van der Waals surface area (Å²) in [6.45, 7) is 4.74. The van der Waals surface area contributed by atoms with Gasteiger partial charge in [-0.25, -0.2) is 0 Å². The molecule has 0 bridgehead atoms. The van der Waals surface area contributed by atoms with Gasteiger partial charge in [-0.2, -0.15) is 0 Å². The highest BCUT2D eigenvalue weighted by atomic mass is 79.9. The zero-order valence-corrected chi connectivity index (χ0v) is 10.9. The first-order valence-corrected chi connectivity index (χ1v) is 6.04. The monoisotopic (exact) mass is 271 g/mol. The van der Waals surface area contributed by atoms with E-state index in [1.807, 2.05) is 13.8 Å². The predicted molar refractivity (Wildman–Crippen MR) is 67.3 cm³/mol. The van der Waals surface area contributed by atoms with E-state index in [9.17, 15) is 5.11 Å². The Bertz CT molecular complexity index is 350. The molecule has 0 amide bonds. The predicted octanol–water partition coefficient (Wildman–Crippen LogP) is 3.05. The Morgan fingerprint density at radius 3 is 2.53 bits per heavy atom. The smallest absolute Gasteiger partial charge is 0.133 e. The molecule has 0 unspecified atom stereocenters. The second-order valence-corrected chi connectivity index (χ2v) is 4.69. The fraction of sp³-hybridized carbons (Fsp3) is 0.500. The second-order valence-electron chi connectivity index (χ2n) is 3.90. The van der Waals surface area contributed by atoms with Crippen molar-refractivity contribution < 1.29 is 5.11 Å². The Balaban J connectivity index is 2.92. The Labute approximate surface area is 99.6 Å². The lowest BCUT2D eigenvalue weighted by Crippen LogP contribution is -2.00. The Morgan fingerprint density at radius 1 is 1.27 bits per heavy atom. The number of aromatic hydroxyl groups is 1. The number of aryl methyl sites for hydroxylation is 2. The van der Waals surface area contributed by atoms with Gasteiger partial charge in [-0.3, -0.25) is 0 Å². The lowest BCUT2D eigenvalue weighted by Gasteiger charge is -2.12. The van der Waals surface area contributed by atoms with E-state index in [0.29, 0.717) is 12.3 Å². The quantitative estimate of drug-likeness (QED) is 0.827. The summed E-state index contributed by atoms with van der Waals surface area (Å²) in [6, 6.07) is 2.10. The number of hydrogen-bond acceptors (Lipinski definition) is 2. The van der Waals surface area contributed by atoms with Gasteiger partial charge in [0.25, 0.3) is 0 Å². The Kier molecular flexibility index (Phi) is 4.61. The summed E-state index contributed by atoms with van der Waals surface area (Å²) < 4.78 is 0.816. The van der Waals surface area contributed by atoms with Crippen LogP contribution >= 0.6 is 15.9 Å². The summed E-state index contributed by atoms with van der Waals surface area (Å²) in [6.07, 6.45) is 2.93. The lowest BCUT2D eigenvalue weighted by atomic mass is 9.99. The molecule has 84 valence electrons. The summed E-state index contributed by atoms with van der Waals surface area (Å²) >= 11 is 3.40. The number of rotatable bonds is 4. The molecule has 3 N–H and O–H groups in total. The molecule has 0 radical (unpaired) electrons. The molecule has 2 nitrogen and oxygen atoms in total. The van der Waals surface area contributed by atoms with Crippen LogP contribution in [0.3, 0.4) is 0 Å². The molecule has 1 rings (SSSR count). The first-order chi connectivity index (χ1) is 7.07. The van der Waals surface area contributed by atoms with Crippen LogP contribution in [0.1, 0.15) is 29.5 Å². The van der Waals surface area contributed by atoms with E-state index in [0.717, 1.165) is 40.4 Å². The molecule has 0 saturated heterocycles. The van der Waals surface area contributed by atoms with Gasteiger partial charge in [-0.05, 0) is 72.3 Å². The Hall–Kier alpha value is -0.540. The minimum absolute atomic E-state index is 0.393. The van der Waals surface area contributed by atoms with Gasteiger partial charge in [0, 0.05) is 0 Å². The third-order valence-corrected chi connectivity index (χ3v) is 3.63. The summed E-state index contributed by atoms with van der Waals surface area (Å²) in [4.78, 5) is 0. The standard InChI is InChI=1S/C12H18BrNO/c1-8-7-9(2)11(13)12(15)10(8)5-3-4-6-14/h7,15H,3-6,14H2,1-2H3. The molecule has 1 aromatic carbocycles. The molecule has 0 heterocycles. The Morgan fingerprint density at radius 2 is 1.93 bits per heavy atom. The number of unbranched alkanes of at least 4 members (excludes halogenated alkanes) is 1. The first-order valence-electron chi connectivity index (χ1n) is 5.25. The number of nitrogens with two attached hydrogens (primary N) is 1. The van der Waals surface area contributed by atoms with Crippen LogP contribution in [0.5, 0.6) is 5.75 Å². The molecule has 0 saturated carbocycles. The molecule has 3 heteroatoms. The van der Waals surface area contributed by atoms with Gasteiger partial charge in [0.2, 0.25) is 0 Å². The summed E-state index contributed by atoms with van der Waals surface area (Å²) in [5.41, 5.74) is 8.73. The zero-order chi connectivity index (χ0) is 11.4. The molecular weight excluding hydrogens is 254 g/mol. The van der Waals surface area contributed by atoms with Crippen molar-refractivity contribution in [2.45, 2.75) is 33.1 Å². The third kappa shape index (κ3) is 2.95. The highest BCUT2D eigenvalue weighted by molar-refractivity contribution is 9.10. The maximum Gasteiger partial charge on any atom is 0.133 e. The molecule has 0 atom stereocenters. The van der Waals surface area contributed by atoms with Crippen molar-refractivity contribution in [1.82, 2.24) is 0 Å². The fourth-order valence-corrected chi connectivity index (χ4v) is 2.10. The first kappa shape index (κ1) is 12.5. The van der Waals surface area contributed by atoms with Gasteiger partial charge >= 0.3 is 0 Å². The van der Waals surface area contributed by atoms with Crippen molar-refractivity contribution >= 4 is 15.9 Å². The maximum atomic E-state index is 9.98. The van der Waals surface area contributed by atoms with Gasteiger partial charge in [0.05, 0.1) is 4.47 Å². The molecule has 0 aliphatic rings. The molecule has 0 aliphatic carbocycles. The molecule has 0 aromatic heterocycles. The van der Waals surface area contributed by atoms with Crippen molar-refractivity contribution in [2.24, 2.45) is 5.73 Å². The molecule has 0 spiro atoms. The van der Waals surface area contributed by atoms with E-state index in [2.05, 4.69) is 22.0 Å². The van der Waals surface area contributed by atoms with Crippen molar-refractivity contribution in [1.29, 1.82) is 0 Å². The normalized spacial score (nSPS) is 10.7. The highest BCUT2D eigenvalue weighted by Crippen LogP contribution is 2.34. The van der Waals surface area contributed by atoms with Gasteiger partial charge in [-0.15, -0.1) is 0 Å².